The number of nitrogens with zero attached hydrogens (tertiary/aromatic N) is 4. The number of ether oxygens (including phenoxy) is 2. The van der Waals surface area contributed by atoms with Gasteiger partial charge in [0.2, 0.25) is 5.88 Å². The van der Waals surface area contributed by atoms with Crippen LogP contribution >= 0.6 is 0 Å². The zero-order valence-corrected chi connectivity index (χ0v) is 18.6. The number of methoxy groups -OCH3 is 2. The smallest absolute Gasteiger partial charge is 0.205 e. The van der Waals surface area contributed by atoms with E-state index in [4.69, 9.17) is 14.5 Å². The normalized spacial score (nSPS) is 14.5. The number of aryl methyl sites for hydroxylation is 2. The van der Waals surface area contributed by atoms with Crippen molar-refractivity contribution in [3.63, 3.8) is 0 Å². The van der Waals surface area contributed by atoms with E-state index in [2.05, 4.69) is 12.0 Å². The van der Waals surface area contributed by atoms with Crippen LogP contribution in [0.2, 0.25) is 0 Å². The zero-order valence-electron chi connectivity index (χ0n) is 18.6. The first-order chi connectivity index (χ1) is 15.0. The highest BCUT2D eigenvalue weighted by atomic mass is 16.5. The predicted octanol–water partition coefficient (Wildman–Crippen LogP) is 4.88. The summed E-state index contributed by atoms with van der Waals surface area (Å²) in [6.07, 6.45) is 11.0. The lowest BCUT2D eigenvalue weighted by molar-refractivity contribution is 0.277. The van der Waals surface area contributed by atoms with Crippen LogP contribution in [-0.4, -0.2) is 38.7 Å². The Balaban J connectivity index is 1.84. The Morgan fingerprint density at radius 2 is 1.94 bits per heavy atom. The van der Waals surface area contributed by atoms with Crippen LogP contribution in [-0.2, 0) is 16.0 Å². The number of fused-ring (bicyclic) bond motifs is 1. The average molecular weight is 421 g/mol. The largest absolute Gasteiger partial charge is 0.500 e. The maximum Gasteiger partial charge on any atom is 0.205 e. The molecule has 31 heavy (non-hydrogen) atoms. The van der Waals surface area contributed by atoms with Gasteiger partial charge in [-0.3, -0.25) is 9.25 Å². The fourth-order valence-corrected chi connectivity index (χ4v) is 4.04. The minimum absolute atomic E-state index is 0.163. The highest BCUT2D eigenvalue weighted by Gasteiger charge is 2.20. The quantitative estimate of drug-likeness (QED) is 0.615. The van der Waals surface area contributed by atoms with Crippen LogP contribution in [0.4, 0.5) is 0 Å². The van der Waals surface area contributed by atoms with Crippen LogP contribution in [0.15, 0.2) is 53.9 Å². The van der Waals surface area contributed by atoms with Crippen LogP contribution in [0.25, 0.3) is 22.2 Å². The van der Waals surface area contributed by atoms with E-state index in [1.54, 1.807) is 25.0 Å². The molecule has 1 aliphatic rings. The van der Waals surface area contributed by atoms with E-state index in [9.17, 15) is 5.11 Å². The summed E-state index contributed by atoms with van der Waals surface area (Å²) >= 11 is 0. The SMILES string of the molecule is CCC1=C(OC)C=CC(c2cc(C)c3c(O)n(-c4cnn(CC)c4)cc3n2)=C(OC)C1. The van der Waals surface area contributed by atoms with Gasteiger partial charge in [-0.05, 0) is 49.6 Å². The van der Waals surface area contributed by atoms with E-state index >= 15 is 0 Å². The molecule has 3 heterocycles. The molecule has 0 saturated carbocycles. The second-order valence-corrected chi connectivity index (χ2v) is 7.54. The highest BCUT2D eigenvalue weighted by molar-refractivity contribution is 5.91. The molecule has 162 valence electrons. The van der Waals surface area contributed by atoms with Gasteiger partial charge in [0.05, 0.1) is 42.7 Å². The maximum absolute atomic E-state index is 10.9. The first-order valence-corrected chi connectivity index (χ1v) is 10.5. The second-order valence-electron chi connectivity index (χ2n) is 7.54. The molecule has 0 aromatic carbocycles. The molecule has 3 aromatic rings. The molecule has 7 nitrogen and oxygen atoms in total. The lowest BCUT2D eigenvalue weighted by atomic mass is 10.0. The Morgan fingerprint density at radius 1 is 1.13 bits per heavy atom. The van der Waals surface area contributed by atoms with Crippen molar-refractivity contribution in [2.45, 2.75) is 40.2 Å². The van der Waals surface area contributed by atoms with Gasteiger partial charge in [-0.1, -0.05) is 6.92 Å². The molecule has 0 unspecified atom stereocenters. The van der Waals surface area contributed by atoms with Crippen molar-refractivity contribution >= 4 is 16.5 Å². The Morgan fingerprint density at radius 3 is 2.58 bits per heavy atom. The Kier molecular flexibility index (Phi) is 5.59. The van der Waals surface area contributed by atoms with Gasteiger partial charge in [0.15, 0.2) is 0 Å². The van der Waals surface area contributed by atoms with Crippen molar-refractivity contribution in [1.82, 2.24) is 19.3 Å². The third-order valence-electron chi connectivity index (χ3n) is 5.76. The minimum Gasteiger partial charge on any atom is -0.500 e. The van der Waals surface area contributed by atoms with E-state index in [1.165, 1.54) is 5.57 Å². The molecule has 4 rings (SSSR count). The lowest BCUT2D eigenvalue weighted by Gasteiger charge is -2.13. The molecule has 1 N–H and O–H groups in total. The minimum atomic E-state index is 0.163. The summed E-state index contributed by atoms with van der Waals surface area (Å²) < 4.78 is 14.9. The summed E-state index contributed by atoms with van der Waals surface area (Å²) in [5.74, 6) is 1.87. The molecule has 3 aromatic heterocycles. The molecular weight excluding hydrogens is 392 g/mol. The highest BCUT2D eigenvalue weighted by Crippen LogP contribution is 2.36. The third-order valence-corrected chi connectivity index (χ3v) is 5.76. The Hall–Kier alpha value is -3.48. The van der Waals surface area contributed by atoms with Gasteiger partial charge < -0.3 is 14.6 Å². The first-order valence-electron chi connectivity index (χ1n) is 10.5. The Bertz CT molecular complexity index is 1230. The molecule has 0 aliphatic heterocycles. The standard InChI is InChI=1S/C24H28N4O3/c1-6-16-11-22(31-5)18(8-9-21(16)30-4)19-10-15(3)23-20(26-19)14-28(24(23)29)17-12-25-27(7-2)13-17/h8-10,12-14,29H,6-7,11H2,1-5H3. The summed E-state index contributed by atoms with van der Waals surface area (Å²) in [5, 5.41) is 15.9. The fourth-order valence-electron chi connectivity index (χ4n) is 4.04. The second kappa shape index (κ2) is 8.34. The van der Waals surface area contributed by atoms with Crippen molar-refractivity contribution in [3.05, 3.63) is 65.2 Å². The molecule has 0 amide bonds. The molecule has 0 bridgehead atoms. The first kappa shape index (κ1) is 20.8. The van der Waals surface area contributed by atoms with Crippen LogP contribution in [0, 0.1) is 6.92 Å². The summed E-state index contributed by atoms with van der Waals surface area (Å²) in [6.45, 7) is 6.88. The van der Waals surface area contributed by atoms with E-state index < -0.39 is 0 Å². The van der Waals surface area contributed by atoms with E-state index in [1.807, 2.05) is 49.1 Å². The van der Waals surface area contributed by atoms with Crippen molar-refractivity contribution in [3.8, 4) is 11.6 Å². The van der Waals surface area contributed by atoms with Crippen molar-refractivity contribution < 1.29 is 14.6 Å². The van der Waals surface area contributed by atoms with Gasteiger partial charge in [0, 0.05) is 30.9 Å². The zero-order chi connectivity index (χ0) is 22.1. The molecule has 0 fully saturated rings. The van der Waals surface area contributed by atoms with Crippen LogP contribution in [0.1, 0.15) is 37.9 Å². The summed E-state index contributed by atoms with van der Waals surface area (Å²) in [7, 11) is 3.38. The maximum atomic E-state index is 10.9. The van der Waals surface area contributed by atoms with Crippen LogP contribution in [0.3, 0.4) is 0 Å². The van der Waals surface area contributed by atoms with Crippen molar-refractivity contribution in [2.24, 2.45) is 0 Å². The van der Waals surface area contributed by atoms with Gasteiger partial charge in [0.25, 0.3) is 0 Å². The van der Waals surface area contributed by atoms with Gasteiger partial charge in [-0.2, -0.15) is 5.10 Å². The number of hydrogen-bond acceptors (Lipinski definition) is 5. The average Bonchev–Trinajstić information content (AvgIpc) is 3.32. The van der Waals surface area contributed by atoms with Crippen molar-refractivity contribution in [1.29, 1.82) is 0 Å². The van der Waals surface area contributed by atoms with Crippen LogP contribution in [0.5, 0.6) is 5.88 Å². The Labute approximate surface area is 181 Å². The molecule has 0 atom stereocenters. The molecule has 0 radical (unpaired) electrons. The number of aromatic hydroxyl groups is 1. The van der Waals surface area contributed by atoms with Gasteiger partial charge in [0.1, 0.15) is 11.5 Å². The molecule has 7 heteroatoms. The number of aromatic nitrogens is 4. The van der Waals surface area contributed by atoms with E-state index in [0.717, 1.165) is 52.4 Å². The third kappa shape index (κ3) is 3.60. The summed E-state index contributed by atoms with van der Waals surface area (Å²) in [5.41, 5.74) is 5.35. The van der Waals surface area contributed by atoms with Gasteiger partial charge in [-0.25, -0.2) is 4.98 Å². The van der Waals surface area contributed by atoms with E-state index in [0.29, 0.717) is 11.9 Å². The van der Waals surface area contributed by atoms with Gasteiger partial charge >= 0.3 is 0 Å². The van der Waals surface area contributed by atoms with Gasteiger partial charge in [-0.15, -0.1) is 0 Å². The van der Waals surface area contributed by atoms with Crippen molar-refractivity contribution in [2.75, 3.05) is 14.2 Å². The fraction of sp³-hybridized carbons (Fsp3) is 0.333. The molecular formula is C24H28N4O3. The van der Waals surface area contributed by atoms with E-state index in [-0.39, 0.29) is 5.88 Å². The topological polar surface area (TPSA) is 74.3 Å². The number of pyridine rings is 1. The summed E-state index contributed by atoms with van der Waals surface area (Å²) in [6, 6.07) is 1.99. The monoisotopic (exact) mass is 420 g/mol. The molecule has 0 saturated heterocycles. The van der Waals surface area contributed by atoms with Crippen LogP contribution < -0.4 is 0 Å². The molecule has 0 spiro atoms. The predicted molar refractivity (Wildman–Crippen MR) is 121 cm³/mol. The number of allylic oxidation sites excluding steroid dienone is 4. The summed E-state index contributed by atoms with van der Waals surface area (Å²) in [4.78, 5) is 4.88. The molecule has 1 aliphatic carbocycles. The number of rotatable bonds is 6. The lowest BCUT2D eigenvalue weighted by Crippen LogP contribution is -1.98. The number of hydrogen-bond donors (Lipinski definition) is 1.